The minimum absolute atomic E-state index is 0.239. The summed E-state index contributed by atoms with van der Waals surface area (Å²) in [5, 5.41) is 4.97. The molecule has 1 saturated carbocycles. The Bertz CT molecular complexity index is 804. The maximum atomic E-state index is 12.7. The molecule has 24 heavy (non-hydrogen) atoms. The number of hydrogen-bond acceptors (Lipinski definition) is 3. The van der Waals surface area contributed by atoms with Crippen molar-refractivity contribution < 1.29 is 14.3 Å². The third-order valence-corrected chi connectivity index (χ3v) is 5.47. The Balaban J connectivity index is 1.89. The van der Waals surface area contributed by atoms with E-state index in [1.807, 2.05) is 30.3 Å². The number of halogens is 1. The Hall–Kier alpha value is -1.88. The highest BCUT2D eigenvalue weighted by Crippen LogP contribution is 2.35. The van der Waals surface area contributed by atoms with Crippen LogP contribution in [0.1, 0.15) is 36.5 Å². The SMILES string of the molecule is COC(=O)C1(NC(=O)c2ccc3c(Br)cccc3c2)CCC(C)C1. The van der Waals surface area contributed by atoms with Crippen molar-refractivity contribution in [2.24, 2.45) is 5.92 Å². The zero-order valence-corrected chi connectivity index (χ0v) is 15.4. The molecule has 4 nitrogen and oxygen atoms in total. The van der Waals surface area contributed by atoms with E-state index in [4.69, 9.17) is 4.74 Å². The first-order valence-electron chi connectivity index (χ1n) is 8.04. The molecular formula is C19H20BrNO3. The van der Waals surface area contributed by atoms with Crippen LogP contribution in [0.4, 0.5) is 0 Å². The largest absolute Gasteiger partial charge is 0.467 e. The molecule has 126 valence electrons. The van der Waals surface area contributed by atoms with Gasteiger partial charge in [-0.05, 0) is 54.2 Å². The number of fused-ring (bicyclic) bond motifs is 1. The lowest BCUT2D eigenvalue weighted by atomic mass is 9.95. The number of amides is 1. The van der Waals surface area contributed by atoms with Gasteiger partial charge in [0.2, 0.25) is 0 Å². The van der Waals surface area contributed by atoms with Gasteiger partial charge in [-0.3, -0.25) is 4.79 Å². The van der Waals surface area contributed by atoms with E-state index in [-0.39, 0.29) is 11.9 Å². The highest BCUT2D eigenvalue weighted by Gasteiger charge is 2.46. The van der Waals surface area contributed by atoms with Crippen molar-refractivity contribution in [1.29, 1.82) is 0 Å². The first-order chi connectivity index (χ1) is 11.4. The molecular weight excluding hydrogens is 370 g/mol. The summed E-state index contributed by atoms with van der Waals surface area (Å²) >= 11 is 3.51. The molecule has 5 heteroatoms. The average Bonchev–Trinajstić information content (AvgIpc) is 2.96. The Kier molecular flexibility index (Phi) is 4.63. The van der Waals surface area contributed by atoms with Gasteiger partial charge in [-0.1, -0.05) is 41.1 Å². The number of nitrogens with one attached hydrogen (secondary N) is 1. The van der Waals surface area contributed by atoms with Crippen LogP contribution in [0.5, 0.6) is 0 Å². The van der Waals surface area contributed by atoms with E-state index in [2.05, 4.69) is 28.2 Å². The number of hydrogen-bond donors (Lipinski definition) is 1. The minimum atomic E-state index is -0.905. The summed E-state index contributed by atoms with van der Waals surface area (Å²) < 4.78 is 5.94. The van der Waals surface area contributed by atoms with Crippen molar-refractivity contribution in [2.45, 2.75) is 31.7 Å². The van der Waals surface area contributed by atoms with E-state index in [0.717, 1.165) is 21.7 Å². The molecule has 0 radical (unpaired) electrons. The van der Waals surface area contributed by atoms with Crippen LogP contribution in [-0.2, 0) is 9.53 Å². The van der Waals surface area contributed by atoms with E-state index < -0.39 is 5.54 Å². The van der Waals surface area contributed by atoms with Gasteiger partial charge in [0.25, 0.3) is 5.91 Å². The van der Waals surface area contributed by atoms with Gasteiger partial charge in [0.05, 0.1) is 7.11 Å². The molecule has 2 unspecified atom stereocenters. The van der Waals surface area contributed by atoms with Crippen LogP contribution < -0.4 is 5.32 Å². The second kappa shape index (κ2) is 6.55. The number of methoxy groups -OCH3 is 1. The third kappa shape index (κ3) is 3.05. The monoisotopic (exact) mass is 389 g/mol. The van der Waals surface area contributed by atoms with E-state index in [9.17, 15) is 9.59 Å². The molecule has 3 rings (SSSR count). The molecule has 0 aliphatic heterocycles. The highest BCUT2D eigenvalue weighted by atomic mass is 79.9. The van der Waals surface area contributed by atoms with Crippen LogP contribution in [0.25, 0.3) is 10.8 Å². The predicted octanol–water partition coefficient (Wildman–Crippen LogP) is 4.06. The Morgan fingerprint density at radius 1 is 1.29 bits per heavy atom. The predicted molar refractivity (Wildman–Crippen MR) is 96.9 cm³/mol. The Labute approximate surface area is 149 Å². The zero-order valence-electron chi connectivity index (χ0n) is 13.8. The summed E-state index contributed by atoms with van der Waals surface area (Å²) in [6, 6.07) is 11.4. The molecule has 1 aliphatic rings. The molecule has 2 atom stereocenters. The van der Waals surface area contributed by atoms with Crippen LogP contribution in [0.15, 0.2) is 40.9 Å². The van der Waals surface area contributed by atoms with Crippen molar-refractivity contribution in [1.82, 2.24) is 5.32 Å². The fourth-order valence-electron chi connectivity index (χ4n) is 3.51. The van der Waals surface area contributed by atoms with Crippen molar-refractivity contribution in [3.63, 3.8) is 0 Å². The van der Waals surface area contributed by atoms with Gasteiger partial charge >= 0.3 is 5.97 Å². The lowest BCUT2D eigenvalue weighted by Crippen LogP contribution is -2.53. The molecule has 1 aliphatic carbocycles. The number of carbonyl (C=O) groups is 2. The molecule has 0 spiro atoms. The van der Waals surface area contributed by atoms with Gasteiger partial charge < -0.3 is 10.1 Å². The Morgan fingerprint density at radius 3 is 2.75 bits per heavy atom. The quantitative estimate of drug-likeness (QED) is 0.805. The minimum Gasteiger partial charge on any atom is -0.467 e. The van der Waals surface area contributed by atoms with Crippen LogP contribution in [0, 0.1) is 5.92 Å². The number of ether oxygens (including phenoxy) is 1. The summed E-state index contributed by atoms with van der Waals surface area (Å²) in [4.78, 5) is 25.0. The van der Waals surface area contributed by atoms with E-state index in [1.54, 1.807) is 6.07 Å². The smallest absolute Gasteiger partial charge is 0.331 e. The highest BCUT2D eigenvalue weighted by molar-refractivity contribution is 9.10. The third-order valence-electron chi connectivity index (χ3n) is 4.78. The fraction of sp³-hybridized carbons (Fsp3) is 0.368. The second-order valence-corrected chi connectivity index (χ2v) is 7.41. The van der Waals surface area contributed by atoms with Crippen molar-refractivity contribution in [3.8, 4) is 0 Å². The van der Waals surface area contributed by atoms with Crippen LogP contribution >= 0.6 is 15.9 Å². The molecule has 0 heterocycles. The number of carbonyl (C=O) groups excluding carboxylic acids is 2. The average molecular weight is 390 g/mol. The summed E-state index contributed by atoms with van der Waals surface area (Å²) in [5.74, 6) is -0.211. The van der Waals surface area contributed by atoms with Gasteiger partial charge in [-0.25, -0.2) is 4.79 Å². The molecule has 2 aromatic rings. The molecule has 2 aromatic carbocycles. The van der Waals surface area contributed by atoms with Gasteiger partial charge in [-0.15, -0.1) is 0 Å². The van der Waals surface area contributed by atoms with Gasteiger partial charge in [-0.2, -0.15) is 0 Å². The summed E-state index contributed by atoms with van der Waals surface area (Å²) in [5.41, 5.74) is -0.360. The molecule has 0 bridgehead atoms. The number of esters is 1. The summed E-state index contributed by atoms with van der Waals surface area (Å²) in [6.07, 6.45) is 2.14. The normalized spacial score (nSPS) is 23.2. The molecule has 1 amide bonds. The Morgan fingerprint density at radius 2 is 2.08 bits per heavy atom. The maximum Gasteiger partial charge on any atom is 0.331 e. The molecule has 1 N–H and O–H groups in total. The lowest BCUT2D eigenvalue weighted by molar-refractivity contribution is -0.148. The summed E-state index contributed by atoms with van der Waals surface area (Å²) in [6.45, 7) is 2.09. The molecule has 1 fully saturated rings. The van der Waals surface area contributed by atoms with Crippen LogP contribution in [0.3, 0.4) is 0 Å². The van der Waals surface area contributed by atoms with Gasteiger partial charge in [0.15, 0.2) is 0 Å². The van der Waals surface area contributed by atoms with E-state index in [0.29, 0.717) is 24.3 Å². The topological polar surface area (TPSA) is 55.4 Å². The standard InChI is InChI=1S/C19H20BrNO3/c1-12-8-9-19(11-12,18(23)24-2)21-17(22)14-6-7-15-13(10-14)4-3-5-16(15)20/h3-7,10,12H,8-9,11H2,1-2H3,(H,21,22). The lowest BCUT2D eigenvalue weighted by Gasteiger charge is -2.27. The second-order valence-electron chi connectivity index (χ2n) is 6.55. The van der Waals surface area contributed by atoms with Gasteiger partial charge in [0, 0.05) is 10.0 Å². The summed E-state index contributed by atoms with van der Waals surface area (Å²) in [7, 11) is 1.37. The first kappa shape index (κ1) is 17.0. The maximum absolute atomic E-state index is 12.7. The fourth-order valence-corrected chi connectivity index (χ4v) is 4.03. The van der Waals surface area contributed by atoms with Gasteiger partial charge in [0.1, 0.15) is 5.54 Å². The zero-order chi connectivity index (χ0) is 17.3. The molecule has 0 aromatic heterocycles. The van der Waals surface area contributed by atoms with Crippen LogP contribution in [-0.4, -0.2) is 24.5 Å². The van der Waals surface area contributed by atoms with E-state index in [1.165, 1.54) is 7.11 Å². The van der Waals surface area contributed by atoms with E-state index >= 15 is 0 Å². The first-order valence-corrected chi connectivity index (χ1v) is 8.84. The van der Waals surface area contributed by atoms with Crippen molar-refractivity contribution >= 4 is 38.6 Å². The van der Waals surface area contributed by atoms with Crippen molar-refractivity contribution in [3.05, 3.63) is 46.4 Å². The number of benzene rings is 2. The molecule has 0 saturated heterocycles. The van der Waals surface area contributed by atoms with Crippen molar-refractivity contribution in [2.75, 3.05) is 7.11 Å². The van der Waals surface area contributed by atoms with Crippen LogP contribution in [0.2, 0.25) is 0 Å². The number of rotatable bonds is 3.